The maximum absolute atomic E-state index is 12.0. The lowest BCUT2D eigenvalue weighted by Gasteiger charge is -2.07. The molecule has 0 radical (unpaired) electrons. The normalized spacial score (nSPS) is 11.9. The van der Waals surface area contributed by atoms with Crippen molar-refractivity contribution in [3.63, 3.8) is 0 Å². The van der Waals surface area contributed by atoms with Gasteiger partial charge in [0, 0.05) is 11.8 Å². The lowest BCUT2D eigenvalue weighted by Crippen LogP contribution is -2.27. The van der Waals surface area contributed by atoms with Crippen LogP contribution >= 0.6 is 0 Å². The highest BCUT2D eigenvalue weighted by Crippen LogP contribution is 2.22. The molecule has 0 spiro atoms. The second-order valence-electron chi connectivity index (χ2n) is 4.85. The summed E-state index contributed by atoms with van der Waals surface area (Å²) < 4.78 is 10.4. The summed E-state index contributed by atoms with van der Waals surface area (Å²) in [7, 11) is 1.59. The first-order valence-corrected chi connectivity index (χ1v) is 6.95. The van der Waals surface area contributed by atoms with E-state index in [1.807, 2.05) is 24.3 Å². The third-order valence-electron chi connectivity index (χ3n) is 3.23. The molecular weight excluding hydrogens is 298 g/mol. The van der Waals surface area contributed by atoms with Crippen molar-refractivity contribution in [3.8, 4) is 17.1 Å². The number of nitrogens with one attached hydrogen (secondary N) is 2. The first kappa shape index (κ1) is 14.8. The summed E-state index contributed by atoms with van der Waals surface area (Å²) in [5.74, 6) is 1.16. The van der Waals surface area contributed by atoms with Crippen LogP contribution in [0.1, 0.15) is 29.3 Å². The Hall–Kier alpha value is -3.16. The Bertz CT molecular complexity index is 797. The van der Waals surface area contributed by atoms with Crippen LogP contribution in [0.15, 0.2) is 41.1 Å². The molecule has 118 valence electrons. The Kier molecular flexibility index (Phi) is 4.05. The molecule has 2 aromatic heterocycles. The first-order chi connectivity index (χ1) is 11.2. The van der Waals surface area contributed by atoms with Crippen LogP contribution in [-0.2, 0) is 0 Å². The number of methoxy groups -OCH3 is 1. The Morgan fingerprint density at radius 2 is 2.26 bits per heavy atom. The number of nitrogens with zero attached hydrogens (tertiary/aromatic N) is 3. The molecule has 0 aliphatic carbocycles. The molecule has 0 saturated carbocycles. The van der Waals surface area contributed by atoms with Gasteiger partial charge in [-0.3, -0.25) is 9.89 Å². The van der Waals surface area contributed by atoms with Crippen LogP contribution in [0, 0.1) is 0 Å². The summed E-state index contributed by atoms with van der Waals surface area (Å²) in [6.07, 6.45) is 1.51. The van der Waals surface area contributed by atoms with Crippen molar-refractivity contribution >= 4 is 5.91 Å². The summed E-state index contributed by atoms with van der Waals surface area (Å²) in [5, 5.41) is 13.0. The van der Waals surface area contributed by atoms with Crippen LogP contribution in [0.4, 0.5) is 0 Å². The Labute approximate surface area is 131 Å². The van der Waals surface area contributed by atoms with E-state index in [0.717, 1.165) is 5.56 Å². The van der Waals surface area contributed by atoms with E-state index in [1.54, 1.807) is 20.1 Å². The van der Waals surface area contributed by atoms with Crippen molar-refractivity contribution < 1.29 is 14.1 Å². The number of aromatic nitrogens is 4. The average molecular weight is 313 g/mol. The summed E-state index contributed by atoms with van der Waals surface area (Å²) in [5.41, 5.74) is 1.14. The van der Waals surface area contributed by atoms with Crippen LogP contribution in [-0.4, -0.2) is 33.4 Å². The van der Waals surface area contributed by atoms with Gasteiger partial charge in [-0.15, -0.1) is 0 Å². The van der Waals surface area contributed by atoms with Gasteiger partial charge in [0.25, 0.3) is 5.91 Å². The summed E-state index contributed by atoms with van der Waals surface area (Å²) in [6, 6.07) is 8.48. The second-order valence-corrected chi connectivity index (χ2v) is 4.85. The fraction of sp³-hybridized carbons (Fsp3) is 0.200. The monoisotopic (exact) mass is 313 g/mol. The second kappa shape index (κ2) is 6.30. The van der Waals surface area contributed by atoms with Gasteiger partial charge < -0.3 is 14.6 Å². The summed E-state index contributed by atoms with van der Waals surface area (Å²) in [4.78, 5) is 16.3. The van der Waals surface area contributed by atoms with Crippen LogP contribution in [0.25, 0.3) is 11.4 Å². The number of H-pyrrole nitrogens is 1. The number of hydrogen-bond acceptors (Lipinski definition) is 6. The minimum absolute atomic E-state index is 0.295. The molecule has 2 heterocycles. The fourth-order valence-electron chi connectivity index (χ4n) is 2.01. The lowest BCUT2D eigenvalue weighted by atomic mass is 10.2. The van der Waals surface area contributed by atoms with E-state index in [1.165, 1.54) is 6.20 Å². The van der Waals surface area contributed by atoms with Gasteiger partial charge in [0.05, 0.1) is 7.11 Å². The van der Waals surface area contributed by atoms with Gasteiger partial charge >= 0.3 is 0 Å². The average Bonchev–Trinajstić information content (AvgIpc) is 3.26. The van der Waals surface area contributed by atoms with Gasteiger partial charge in [0.2, 0.25) is 11.7 Å². The minimum Gasteiger partial charge on any atom is -0.497 e. The third kappa shape index (κ3) is 3.20. The van der Waals surface area contributed by atoms with Crippen molar-refractivity contribution in [1.82, 2.24) is 25.7 Å². The molecule has 0 saturated heterocycles. The highest BCUT2D eigenvalue weighted by molar-refractivity contribution is 5.92. The maximum atomic E-state index is 12.0. The Balaban J connectivity index is 1.74. The molecule has 3 aromatic rings. The highest BCUT2D eigenvalue weighted by Gasteiger charge is 2.18. The predicted molar refractivity (Wildman–Crippen MR) is 80.8 cm³/mol. The van der Waals surface area contributed by atoms with E-state index in [9.17, 15) is 4.79 Å². The fourth-order valence-corrected chi connectivity index (χ4v) is 2.01. The zero-order valence-electron chi connectivity index (χ0n) is 12.6. The molecule has 1 amide bonds. The topological polar surface area (TPSA) is 106 Å². The smallest absolute Gasteiger partial charge is 0.269 e. The van der Waals surface area contributed by atoms with Gasteiger partial charge in [-0.05, 0) is 25.1 Å². The number of rotatable bonds is 5. The SMILES string of the molecule is COc1cccc(-c2noc(C(C)NC(=O)c3ccn[nH]3)n2)c1. The van der Waals surface area contributed by atoms with Crippen LogP contribution in [0.2, 0.25) is 0 Å². The van der Waals surface area contributed by atoms with E-state index >= 15 is 0 Å². The molecule has 1 unspecified atom stereocenters. The van der Waals surface area contributed by atoms with Gasteiger partial charge in [-0.2, -0.15) is 10.1 Å². The van der Waals surface area contributed by atoms with Crippen molar-refractivity contribution in [3.05, 3.63) is 48.1 Å². The van der Waals surface area contributed by atoms with Crippen molar-refractivity contribution in [1.29, 1.82) is 0 Å². The molecule has 23 heavy (non-hydrogen) atoms. The van der Waals surface area contributed by atoms with Gasteiger partial charge in [-0.1, -0.05) is 17.3 Å². The molecule has 1 aromatic carbocycles. The third-order valence-corrected chi connectivity index (χ3v) is 3.23. The number of carbonyl (C=O) groups excluding carboxylic acids is 1. The molecule has 2 N–H and O–H groups in total. The van der Waals surface area contributed by atoms with Crippen LogP contribution in [0.5, 0.6) is 5.75 Å². The van der Waals surface area contributed by atoms with E-state index in [2.05, 4.69) is 25.7 Å². The quantitative estimate of drug-likeness (QED) is 0.746. The van der Waals surface area contributed by atoms with Gasteiger partial charge in [0.1, 0.15) is 17.5 Å². The number of ether oxygens (including phenoxy) is 1. The molecule has 0 aliphatic heterocycles. The van der Waals surface area contributed by atoms with Gasteiger partial charge in [0.15, 0.2) is 0 Å². The summed E-state index contributed by atoms with van der Waals surface area (Å²) >= 11 is 0. The Morgan fingerprint density at radius 3 is 3.00 bits per heavy atom. The standard InChI is InChI=1S/C15H15N5O3/c1-9(17-14(21)12-6-7-16-19-12)15-18-13(20-23-15)10-4-3-5-11(8-10)22-2/h3-9H,1-2H3,(H,16,19)(H,17,21). The minimum atomic E-state index is -0.433. The molecular formula is C15H15N5O3. The van der Waals surface area contributed by atoms with Crippen LogP contribution < -0.4 is 10.1 Å². The summed E-state index contributed by atoms with van der Waals surface area (Å²) in [6.45, 7) is 1.76. The number of hydrogen-bond donors (Lipinski definition) is 2. The van der Waals surface area contributed by atoms with Crippen molar-refractivity contribution in [2.75, 3.05) is 7.11 Å². The van der Waals surface area contributed by atoms with Gasteiger partial charge in [-0.25, -0.2) is 0 Å². The van der Waals surface area contributed by atoms with Crippen molar-refractivity contribution in [2.24, 2.45) is 0 Å². The molecule has 8 nitrogen and oxygen atoms in total. The number of amides is 1. The van der Waals surface area contributed by atoms with Crippen molar-refractivity contribution in [2.45, 2.75) is 13.0 Å². The zero-order chi connectivity index (χ0) is 16.2. The first-order valence-electron chi connectivity index (χ1n) is 6.95. The molecule has 0 fully saturated rings. The van der Waals surface area contributed by atoms with E-state index in [0.29, 0.717) is 23.2 Å². The number of benzene rings is 1. The molecule has 3 rings (SSSR count). The largest absolute Gasteiger partial charge is 0.497 e. The number of aromatic amines is 1. The Morgan fingerprint density at radius 1 is 1.39 bits per heavy atom. The van der Waals surface area contributed by atoms with E-state index < -0.39 is 6.04 Å². The van der Waals surface area contributed by atoms with E-state index in [4.69, 9.17) is 9.26 Å². The van der Waals surface area contributed by atoms with Crippen LogP contribution in [0.3, 0.4) is 0 Å². The highest BCUT2D eigenvalue weighted by atomic mass is 16.5. The molecule has 0 aliphatic rings. The van der Waals surface area contributed by atoms with E-state index in [-0.39, 0.29) is 5.91 Å². The molecule has 1 atom stereocenters. The molecule has 8 heteroatoms. The maximum Gasteiger partial charge on any atom is 0.269 e. The molecule has 0 bridgehead atoms. The lowest BCUT2D eigenvalue weighted by molar-refractivity contribution is 0.0927. The zero-order valence-corrected chi connectivity index (χ0v) is 12.6. The number of carbonyl (C=O) groups is 1. The predicted octanol–water partition coefficient (Wildman–Crippen LogP) is 1.96.